The number of hydrogen-bond donors (Lipinski definition) is 9. The number of nitrogens with one attached hydrogen (secondary N) is 4. The first-order chi connectivity index (χ1) is 67.5. The van der Waals surface area contributed by atoms with Crippen molar-refractivity contribution >= 4 is 71.2 Å². The number of ether oxygens (including phenoxy) is 17. The maximum atomic E-state index is 12.4. The van der Waals surface area contributed by atoms with Crippen LogP contribution in [0.4, 0.5) is 11.6 Å². The molecule has 16 atom stereocenters. The van der Waals surface area contributed by atoms with Crippen LogP contribution < -0.4 is 63.8 Å². The molecule has 5 aromatic carbocycles. The third-order valence-corrected chi connectivity index (χ3v) is 24.5. The van der Waals surface area contributed by atoms with Gasteiger partial charge in [0.25, 0.3) is 20.2 Å². The molecule has 9 aromatic rings. The summed E-state index contributed by atoms with van der Waals surface area (Å²) in [6.07, 6.45) is -5.88. The number of H-pyrrole nitrogens is 2. The van der Waals surface area contributed by atoms with Crippen LogP contribution in [0.5, 0.6) is 23.0 Å². The molecule has 9 N–H and O–H groups in total. The quantitative estimate of drug-likeness (QED) is 0.00726. The topological polar surface area (TPSA) is 564 Å². The number of aromatic nitrogens is 8. The van der Waals surface area contributed by atoms with Gasteiger partial charge in [0.05, 0.1) is 51.1 Å². The van der Waals surface area contributed by atoms with Crippen LogP contribution in [0.15, 0.2) is 192 Å². The van der Waals surface area contributed by atoms with E-state index in [0.717, 1.165) is 48.8 Å². The minimum absolute atomic E-state index is 0.0289. The van der Waals surface area contributed by atoms with Gasteiger partial charge in [-0.3, -0.25) is 78.4 Å². The lowest BCUT2D eigenvalue weighted by Crippen LogP contribution is -2.37. The number of aromatic amines is 2. The van der Waals surface area contributed by atoms with Gasteiger partial charge in [-0.15, -0.1) is 0 Å². The Morgan fingerprint density at radius 1 is 0.434 bits per heavy atom. The molecular weight excluding hydrogens is 1980 g/mol. The van der Waals surface area contributed by atoms with Crippen molar-refractivity contribution in [3.8, 4) is 23.0 Å². The third-order valence-electron chi connectivity index (χ3n) is 22.5. The summed E-state index contributed by atoms with van der Waals surface area (Å²) in [4.78, 5) is 126. The monoisotopic (exact) mass is 2100 g/mol. The van der Waals surface area contributed by atoms with Gasteiger partial charge in [0.1, 0.15) is 96.2 Å². The molecular formula is C96H118BrClN10O34S. The van der Waals surface area contributed by atoms with E-state index < -0.39 is 164 Å². The van der Waals surface area contributed by atoms with Crippen molar-refractivity contribution in [2.24, 2.45) is 0 Å². The summed E-state index contributed by atoms with van der Waals surface area (Å²) < 4.78 is 124. The molecule has 0 amide bonds. The Balaban J connectivity index is 0.000000168. The molecule has 0 radical (unpaired) electrons. The van der Waals surface area contributed by atoms with Gasteiger partial charge < -0.3 is 95.8 Å². The van der Waals surface area contributed by atoms with Crippen molar-refractivity contribution in [1.29, 1.82) is 0 Å². The lowest BCUT2D eigenvalue weighted by Gasteiger charge is -2.24. The minimum atomic E-state index is -3.72. The minimum Gasteiger partial charge on any atom is -0.427 e. The third kappa shape index (κ3) is 30.4. The van der Waals surface area contributed by atoms with Crippen molar-refractivity contribution in [3.05, 3.63) is 260 Å². The second kappa shape index (κ2) is 49.5. The number of alkyl halides is 1. The molecule has 7 fully saturated rings. The fraction of sp³-hybridized carbons (Fsp3) is 0.479. The van der Waals surface area contributed by atoms with E-state index >= 15 is 0 Å². The van der Waals surface area contributed by atoms with Gasteiger partial charge in [0, 0.05) is 80.6 Å². The number of benzene rings is 5. The van der Waals surface area contributed by atoms with E-state index in [9.17, 15) is 71.7 Å². The molecule has 0 bridgehead atoms. The molecule has 776 valence electrons. The van der Waals surface area contributed by atoms with E-state index in [1.54, 1.807) is 132 Å². The molecule has 7 saturated heterocycles. The lowest BCUT2D eigenvalue weighted by atomic mass is 9.89. The Kier molecular flexibility index (Phi) is 38.8. The van der Waals surface area contributed by atoms with E-state index in [0.29, 0.717) is 47.0 Å². The Bertz CT molecular complexity index is 6310. The van der Waals surface area contributed by atoms with Gasteiger partial charge in [-0.1, -0.05) is 118 Å². The van der Waals surface area contributed by atoms with Gasteiger partial charge in [-0.25, -0.2) is 27.6 Å². The van der Waals surface area contributed by atoms with Crippen LogP contribution in [0.2, 0.25) is 0 Å². The summed E-state index contributed by atoms with van der Waals surface area (Å²) in [5.74, 6) is -1.43. The van der Waals surface area contributed by atoms with Gasteiger partial charge in [0.15, 0.2) is 53.9 Å². The molecule has 44 nitrogen and oxygen atoms in total. The molecule has 7 aliphatic rings. The van der Waals surface area contributed by atoms with Crippen LogP contribution in [0, 0.1) is 0 Å². The standard InChI is InChI=1S/C21H25N3O8.C21H24N2O8.C18H21N3O8.C15H23ClO2S.C12H16N2O6.C9H9BrO2/c1-12(25)29-14-6-4-13(5-7-14)10-28-11-15-17-18(32-21(2,3)31-17)19(30-15)24-9-8-16(23-27)22-20(24)26;1-12(24)28-14-6-4-13(5-7-14)10-27-11-15-17-18(31-21(2,3)30-17)19(29-15)23-9-8-16(25)22-20(23)26;1-10(22)28-12-4-2-11(3-5-12)8-27-9-13-15(23)16(24)17(29-13)21-7-6-14(20-26)19-18(21)25;1-9(2)12-7-13(10(3)4)15(19(16,17)18)14(8-12)11(5)6;1-12(2)19-8-6(5-15)18-10(9(8)20-12)14-4-3-7(16)13-11(14)17;1-7(11)12-9-4-2-8(6-10)3-5-9/h4-9,15,17-19,27H,10-11H2,1-3H3,(H,22,23,26);4-9,15,17-19H,10-11H2,1-3H3,(H,22,25,26);2-7,13,15-17,23-24,26H,8-9H2,1H3,(H,19,20,25);7-11H,1-6H3;3-4,6,8-10,15H,5H2,1-2H3,(H,13,16,17);2-5H,6H2,1H3/t2*15-,17-,18-,19-;13-,15-,16-,17-;;6-,8-,9-,10-;/m111.1./s1. The molecule has 16 rings (SSSR count). The fourth-order valence-corrected chi connectivity index (χ4v) is 18.1. The number of aliphatic hydroxyl groups is 3. The van der Waals surface area contributed by atoms with E-state index in [2.05, 4.69) is 49.7 Å². The Labute approximate surface area is 833 Å². The Morgan fingerprint density at radius 3 is 1.03 bits per heavy atom. The summed E-state index contributed by atoms with van der Waals surface area (Å²) in [6.45, 7) is 29.2. The number of hydrogen-bond acceptors (Lipinski definition) is 38. The SMILES string of the molecule is CC(=O)Oc1ccc(CBr)cc1.CC(=O)Oc1ccc(COC[C@H]2O[C@@H](n3ccc(=O)[nH]c3=O)[C@@H]3OC(C)(C)O[C@@H]32)cc1.CC(=O)Oc1ccc(COC[C@H]2O[C@@H](n3ccc(NO)nc3=O)[C@@H]3OC(C)(C)O[C@@H]32)cc1.CC(=O)Oc1ccc(COC[C@H]2O[C@@H](n3ccc(NO)nc3=O)[C@H](O)[C@@H]2O)cc1.CC(C)c1cc(C(C)C)c(S(=O)(=O)Cl)c(C(C)C)c1.CC1(C)O[C@@H]2[C@H](O1)[C@@H](CO)O[C@H]2n1ccc(=O)[nH]c1=O. The molecule has 11 heterocycles. The van der Waals surface area contributed by atoms with E-state index in [-0.39, 0.29) is 74.4 Å². The summed E-state index contributed by atoms with van der Waals surface area (Å²) in [5.41, 5.74) is 6.64. The number of fused-ring (bicyclic) bond motifs is 3. The molecule has 143 heavy (non-hydrogen) atoms. The highest BCUT2D eigenvalue weighted by molar-refractivity contribution is 9.08. The normalized spacial score (nSPS) is 23.8. The number of halogens is 2. The van der Waals surface area contributed by atoms with Crippen LogP contribution in [-0.2, 0) is 115 Å². The molecule has 47 heteroatoms. The lowest BCUT2D eigenvalue weighted by molar-refractivity contribution is -0.203. The highest BCUT2D eigenvalue weighted by Gasteiger charge is 2.59. The largest absolute Gasteiger partial charge is 0.427 e. The number of carbonyl (C=O) groups excluding carboxylic acids is 4. The number of esters is 4. The highest BCUT2D eigenvalue weighted by atomic mass is 79.9. The highest BCUT2D eigenvalue weighted by Crippen LogP contribution is 2.47. The fourth-order valence-electron chi connectivity index (χ4n) is 16.1. The van der Waals surface area contributed by atoms with Gasteiger partial charge in [0.2, 0.25) is 0 Å². The van der Waals surface area contributed by atoms with Crippen LogP contribution >= 0.6 is 26.6 Å². The Hall–Kier alpha value is -11.3. The van der Waals surface area contributed by atoms with Crippen LogP contribution in [0.3, 0.4) is 0 Å². The van der Waals surface area contributed by atoms with E-state index in [1.807, 2.05) is 57.4 Å². The average molecular weight is 2100 g/mol. The summed E-state index contributed by atoms with van der Waals surface area (Å²) in [6, 6.07) is 37.3. The summed E-state index contributed by atoms with van der Waals surface area (Å²) in [7, 11) is 1.94. The first-order valence-corrected chi connectivity index (χ1v) is 48.8. The van der Waals surface area contributed by atoms with E-state index in [4.69, 9.17) is 102 Å². The zero-order valence-electron chi connectivity index (χ0n) is 81.1. The van der Waals surface area contributed by atoms with Gasteiger partial charge in [-0.2, -0.15) is 9.97 Å². The number of rotatable bonds is 28. The van der Waals surface area contributed by atoms with Crippen molar-refractivity contribution < 1.29 is 134 Å². The number of carbonyl (C=O) groups is 4. The molecule has 4 aromatic heterocycles. The van der Waals surface area contributed by atoms with Crippen LogP contribution in [0.25, 0.3) is 0 Å². The molecule has 0 saturated carbocycles. The second-order valence-corrected chi connectivity index (χ2v) is 39.0. The molecule has 0 unspecified atom stereocenters. The summed E-state index contributed by atoms with van der Waals surface area (Å²) in [5, 5.41) is 48.3. The molecule has 0 aliphatic carbocycles. The van der Waals surface area contributed by atoms with Crippen molar-refractivity contribution in [2.75, 3.05) is 37.4 Å². The maximum Gasteiger partial charge on any atom is 0.351 e. The first kappa shape index (κ1) is 112. The molecule has 7 aliphatic heterocycles. The van der Waals surface area contributed by atoms with Crippen LogP contribution in [0.1, 0.15) is 192 Å². The number of aliphatic hydroxyl groups excluding tert-OH is 3. The molecule has 0 spiro atoms. The van der Waals surface area contributed by atoms with Gasteiger partial charge >= 0.3 is 46.6 Å². The first-order valence-electron chi connectivity index (χ1n) is 45.3. The van der Waals surface area contributed by atoms with Crippen molar-refractivity contribution in [2.45, 2.75) is 274 Å². The van der Waals surface area contributed by atoms with Crippen LogP contribution in [-0.4, -0.2) is 213 Å². The van der Waals surface area contributed by atoms with Crippen molar-refractivity contribution in [3.63, 3.8) is 0 Å². The summed E-state index contributed by atoms with van der Waals surface area (Å²) >= 11 is 3.33. The second-order valence-electron chi connectivity index (χ2n) is 35.9. The Morgan fingerprint density at radius 2 is 0.734 bits per heavy atom. The predicted octanol–water partition coefficient (Wildman–Crippen LogP) is 8.94. The maximum absolute atomic E-state index is 12.4. The van der Waals surface area contributed by atoms with Gasteiger partial charge in [-0.05, 0) is 159 Å². The smallest absolute Gasteiger partial charge is 0.351 e. The van der Waals surface area contributed by atoms with E-state index in [1.165, 1.54) is 90.4 Å². The number of nitrogens with zero attached hydrogens (tertiary/aromatic N) is 6. The van der Waals surface area contributed by atoms with Crippen molar-refractivity contribution in [1.82, 2.24) is 38.2 Å². The number of anilines is 2. The zero-order valence-corrected chi connectivity index (χ0v) is 84.2. The zero-order chi connectivity index (χ0) is 104. The predicted molar refractivity (Wildman–Crippen MR) is 511 cm³/mol. The average Bonchev–Trinajstić information content (AvgIpc) is 1.67.